The van der Waals surface area contributed by atoms with Gasteiger partial charge in [0.15, 0.2) is 5.65 Å². The van der Waals surface area contributed by atoms with Crippen molar-refractivity contribution < 1.29 is 8.78 Å². The fourth-order valence-electron chi connectivity index (χ4n) is 2.86. The third-order valence-electron chi connectivity index (χ3n) is 4.33. The monoisotopic (exact) mass is 315 g/mol. The summed E-state index contributed by atoms with van der Waals surface area (Å²) >= 11 is 0. The van der Waals surface area contributed by atoms with Gasteiger partial charge in [-0.3, -0.25) is 9.13 Å². The summed E-state index contributed by atoms with van der Waals surface area (Å²) in [4.78, 5) is 16.8. The number of imidazole rings is 1. The van der Waals surface area contributed by atoms with E-state index in [1.54, 1.807) is 23.7 Å². The van der Waals surface area contributed by atoms with Crippen molar-refractivity contribution in [3.05, 3.63) is 52.5 Å². The van der Waals surface area contributed by atoms with Gasteiger partial charge in [0.1, 0.15) is 11.6 Å². The SMILES string of the molecule is Cn1c(=O)n(CC2CC2)c2ccc(-c3ccc(F)cc3F)nc21. The molecule has 0 amide bonds. The van der Waals surface area contributed by atoms with Crippen LogP contribution < -0.4 is 5.69 Å². The van der Waals surface area contributed by atoms with Gasteiger partial charge in [-0.1, -0.05) is 0 Å². The van der Waals surface area contributed by atoms with E-state index in [2.05, 4.69) is 4.98 Å². The van der Waals surface area contributed by atoms with E-state index in [0.29, 0.717) is 23.8 Å². The molecule has 118 valence electrons. The lowest BCUT2D eigenvalue weighted by atomic mass is 10.1. The van der Waals surface area contributed by atoms with Gasteiger partial charge in [-0.2, -0.15) is 0 Å². The fraction of sp³-hybridized carbons (Fsp3) is 0.294. The molecule has 2 aromatic heterocycles. The van der Waals surface area contributed by atoms with Gasteiger partial charge >= 0.3 is 5.69 Å². The molecule has 1 saturated carbocycles. The molecule has 6 heteroatoms. The third-order valence-corrected chi connectivity index (χ3v) is 4.33. The highest BCUT2D eigenvalue weighted by molar-refractivity contribution is 5.76. The minimum Gasteiger partial charge on any atom is -0.290 e. The zero-order chi connectivity index (χ0) is 16.1. The van der Waals surface area contributed by atoms with E-state index in [9.17, 15) is 13.6 Å². The third kappa shape index (κ3) is 2.34. The smallest absolute Gasteiger partial charge is 0.290 e. The molecule has 0 aliphatic heterocycles. The minimum atomic E-state index is -0.667. The van der Waals surface area contributed by atoms with E-state index in [1.807, 2.05) is 0 Å². The average molecular weight is 315 g/mol. The molecule has 3 aromatic rings. The lowest BCUT2D eigenvalue weighted by molar-refractivity contribution is 0.585. The van der Waals surface area contributed by atoms with E-state index in [4.69, 9.17) is 0 Å². The Morgan fingerprint density at radius 2 is 2.00 bits per heavy atom. The Kier molecular flexibility index (Phi) is 3.07. The van der Waals surface area contributed by atoms with Gasteiger partial charge < -0.3 is 0 Å². The van der Waals surface area contributed by atoms with Crippen molar-refractivity contribution in [1.29, 1.82) is 0 Å². The second kappa shape index (κ2) is 5.01. The molecule has 2 heterocycles. The first-order valence-electron chi connectivity index (χ1n) is 7.56. The first kappa shape index (κ1) is 14.1. The quantitative estimate of drug-likeness (QED) is 0.745. The van der Waals surface area contributed by atoms with E-state index < -0.39 is 11.6 Å². The van der Waals surface area contributed by atoms with E-state index in [1.165, 1.54) is 16.7 Å². The largest absolute Gasteiger partial charge is 0.330 e. The second-order valence-electron chi connectivity index (χ2n) is 6.06. The van der Waals surface area contributed by atoms with Crippen LogP contribution in [0.4, 0.5) is 8.78 Å². The molecule has 0 N–H and O–H groups in total. The van der Waals surface area contributed by atoms with Gasteiger partial charge in [0, 0.05) is 25.2 Å². The minimum absolute atomic E-state index is 0.115. The molecule has 23 heavy (non-hydrogen) atoms. The van der Waals surface area contributed by atoms with Crippen LogP contribution in [-0.2, 0) is 13.6 Å². The number of hydrogen-bond acceptors (Lipinski definition) is 2. The summed E-state index contributed by atoms with van der Waals surface area (Å²) in [6.07, 6.45) is 2.30. The number of nitrogens with zero attached hydrogens (tertiary/aromatic N) is 3. The molecule has 1 fully saturated rings. The standard InChI is InChI=1S/C17H15F2N3O/c1-21-16-15(22(17(21)23)9-10-2-3-10)7-6-14(20-16)12-5-4-11(18)8-13(12)19/h4-8,10H,2-3,9H2,1H3. The summed E-state index contributed by atoms with van der Waals surface area (Å²) in [6.45, 7) is 0.697. The summed E-state index contributed by atoms with van der Waals surface area (Å²) in [5.41, 5.74) is 1.74. The zero-order valence-corrected chi connectivity index (χ0v) is 12.6. The molecule has 0 atom stereocenters. The van der Waals surface area contributed by atoms with Crippen LogP contribution in [0.3, 0.4) is 0 Å². The predicted octanol–water partition coefficient (Wildman–Crippen LogP) is 3.09. The average Bonchev–Trinajstić information content (AvgIpc) is 3.31. The van der Waals surface area contributed by atoms with Crippen LogP contribution in [0, 0.1) is 17.6 Å². The van der Waals surface area contributed by atoms with Gasteiger partial charge in [0.25, 0.3) is 0 Å². The second-order valence-corrected chi connectivity index (χ2v) is 6.06. The van der Waals surface area contributed by atoms with Gasteiger partial charge in [-0.25, -0.2) is 18.6 Å². The van der Waals surface area contributed by atoms with Crippen LogP contribution in [0.25, 0.3) is 22.4 Å². The van der Waals surface area contributed by atoms with Crippen LogP contribution in [0.2, 0.25) is 0 Å². The van der Waals surface area contributed by atoms with Crippen molar-refractivity contribution in [3.63, 3.8) is 0 Å². The maximum absolute atomic E-state index is 13.9. The zero-order valence-electron chi connectivity index (χ0n) is 12.6. The van der Waals surface area contributed by atoms with Gasteiger partial charge in [-0.15, -0.1) is 0 Å². The van der Waals surface area contributed by atoms with Crippen LogP contribution in [0.15, 0.2) is 35.1 Å². The maximum atomic E-state index is 13.9. The number of aryl methyl sites for hydroxylation is 1. The lowest BCUT2D eigenvalue weighted by Crippen LogP contribution is -2.22. The van der Waals surface area contributed by atoms with Crippen LogP contribution >= 0.6 is 0 Å². The molecule has 0 bridgehead atoms. The first-order chi connectivity index (χ1) is 11.0. The van der Waals surface area contributed by atoms with Crippen LogP contribution in [-0.4, -0.2) is 14.1 Å². The molecule has 0 spiro atoms. The van der Waals surface area contributed by atoms with Crippen molar-refractivity contribution in [2.75, 3.05) is 0 Å². The number of halogens is 2. The van der Waals surface area contributed by atoms with Gasteiger partial charge in [-0.05, 0) is 43.0 Å². The summed E-state index contributed by atoms with van der Waals surface area (Å²) in [5.74, 6) is -0.734. The first-order valence-corrected chi connectivity index (χ1v) is 7.56. The van der Waals surface area contributed by atoms with Crippen molar-refractivity contribution in [1.82, 2.24) is 14.1 Å². The number of fused-ring (bicyclic) bond motifs is 1. The number of rotatable bonds is 3. The summed E-state index contributed by atoms with van der Waals surface area (Å²) in [7, 11) is 1.66. The summed E-state index contributed by atoms with van der Waals surface area (Å²) in [5, 5.41) is 0. The molecule has 4 nitrogen and oxygen atoms in total. The van der Waals surface area contributed by atoms with Crippen molar-refractivity contribution >= 4 is 11.2 Å². The topological polar surface area (TPSA) is 39.8 Å². The Labute approximate surface area is 131 Å². The van der Waals surface area contributed by atoms with Crippen molar-refractivity contribution in [2.24, 2.45) is 13.0 Å². The molecule has 1 aliphatic rings. The van der Waals surface area contributed by atoms with Gasteiger partial charge in [0.05, 0.1) is 11.2 Å². The fourth-order valence-corrected chi connectivity index (χ4v) is 2.86. The molecule has 4 rings (SSSR count). The van der Waals surface area contributed by atoms with Crippen LogP contribution in [0.1, 0.15) is 12.8 Å². The normalized spacial score (nSPS) is 14.6. The van der Waals surface area contributed by atoms with Crippen LogP contribution in [0.5, 0.6) is 0 Å². The van der Waals surface area contributed by atoms with E-state index in [-0.39, 0.29) is 11.3 Å². The number of pyridine rings is 1. The molecule has 1 aliphatic carbocycles. The molecule has 0 saturated heterocycles. The van der Waals surface area contributed by atoms with Crippen molar-refractivity contribution in [2.45, 2.75) is 19.4 Å². The number of benzene rings is 1. The molecular formula is C17H15F2N3O. The maximum Gasteiger partial charge on any atom is 0.330 e. The Morgan fingerprint density at radius 3 is 2.70 bits per heavy atom. The Balaban J connectivity index is 1.87. The molecule has 1 aromatic carbocycles. The van der Waals surface area contributed by atoms with Crippen molar-refractivity contribution in [3.8, 4) is 11.3 Å². The number of hydrogen-bond donors (Lipinski definition) is 0. The molecular weight excluding hydrogens is 300 g/mol. The number of aromatic nitrogens is 3. The Bertz CT molecular complexity index is 970. The molecule has 0 radical (unpaired) electrons. The predicted molar refractivity (Wildman–Crippen MR) is 83.1 cm³/mol. The van der Waals surface area contributed by atoms with Gasteiger partial charge in [0.2, 0.25) is 0 Å². The Morgan fingerprint density at radius 1 is 1.22 bits per heavy atom. The Hall–Kier alpha value is -2.50. The van der Waals surface area contributed by atoms with E-state index in [0.717, 1.165) is 24.4 Å². The summed E-state index contributed by atoms with van der Waals surface area (Å²) < 4.78 is 30.2. The highest BCUT2D eigenvalue weighted by atomic mass is 19.1. The lowest BCUT2D eigenvalue weighted by Gasteiger charge is -2.05. The highest BCUT2D eigenvalue weighted by Crippen LogP contribution is 2.31. The van der Waals surface area contributed by atoms with E-state index >= 15 is 0 Å². The summed E-state index contributed by atoms with van der Waals surface area (Å²) in [6, 6.07) is 6.84. The molecule has 0 unspecified atom stereocenters. The highest BCUT2D eigenvalue weighted by Gasteiger charge is 2.24.